The summed E-state index contributed by atoms with van der Waals surface area (Å²) in [4.78, 5) is 22.6. The van der Waals surface area contributed by atoms with Gasteiger partial charge in [0.05, 0.1) is 31.8 Å². The molecular weight excluding hydrogens is 752 g/mol. The molecule has 2 N–H and O–H groups in total. The number of carbonyl (C=O) groups is 1. The molecule has 3 aromatic carbocycles. The minimum absolute atomic E-state index is 0.0519. The zero-order chi connectivity index (χ0) is 41.8. The van der Waals surface area contributed by atoms with E-state index in [0.717, 1.165) is 48.1 Å². The maximum atomic E-state index is 14.8. The minimum Gasteiger partial charge on any atom is -0.497 e. The van der Waals surface area contributed by atoms with Gasteiger partial charge in [-0.1, -0.05) is 67.4 Å². The van der Waals surface area contributed by atoms with Crippen LogP contribution in [0.1, 0.15) is 87.8 Å². The zero-order valence-corrected chi connectivity index (χ0v) is 34.8. The molecule has 59 heavy (non-hydrogen) atoms. The molecule has 0 bridgehead atoms. The topological polar surface area (TPSA) is 119 Å². The summed E-state index contributed by atoms with van der Waals surface area (Å²) in [5.74, 6) is -0.373. The minimum atomic E-state index is -1.36. The largest absolute Gasteiger partial charge is 0.497 e. The number of allylic oxidation sites excluding steroid dienone is 1. The predicted molar refractivity (Wildman–Crippen MR) is 226 cm³/mol. The number of halogens is 1. The number of aliphatic hydroxyl groups excluding tert-OH is 2. The number of amides is 1. The van der Waals surface area contributed by atoms with Gasteiger partial charge in [-0.05, 0) is 98.4 Å². The van der Waals surface area contributed by atoms with Crippen molar-refractivity contribution in [2.75, 3.05) is 40.1 Å². The molecule has 318 valence electrons. The average molecular weight is 813 g/mol. The van der Waals surface area contributed by atoms with Crippen LogP contribution in [-0.2, 0) is 27.4 Å². The number of carbonyl (C=O) groups excluding carboxylic acids is 1. The Morgan fingerprint density at radius 3 is 2.54 bits per heavy atom. The molecule has 3 aromatic rings. The lowest BCUT2D eigenvalue weighted by Gasteiger charge is -2.60. The first-order valence-electron chi connectivity index (χ1n) is 21.3. The summed E-state index contributed by atoms with van der Waals surface area (Å²) in [7, 11) is 1.61. The maximum absolute atomic E-state index is 14.8. The molecule has 11 heteroatoms. The van der Waals surface area contributed by atoms with Gasteiger partial charge in [0.1, 0.15) is 42.3 Å². The van der Waals surface area contributed by atoms with Crippen molar-refractivity contribution in [3.63, 3.8) is 0 Å². The lowest BCUT2D eigenvalue weighted by Crippen LogP contribution is -2.70. The summed E-state index contributed by atoms with van der Waals surface area (Å²) >= 11 is 0. The Morgan fingerprint density at radius 1 is 1.02 bits per heavy atom. The van der Waals surface area contributed by atoms with E-state index in [1.54, 1.807) is 31.4 Å². The van der Waals surface area contributed by atoms with Crippen LogP contribution in [0.2, 0.25) is 0 Å². The van der Waals surface area contributed by atoms with Crippen molar-refractivity contribution >= 4 is 11.6 Å². The Kier molecular flexibility index (Phi) is 15.6. The van der Waals surface area contributed by atoms with Crippen LogP contribution in [0.3, 0.4) is 0 Å². The number of methoxy groups -OCH3 is 1. The zero-order valence-electron chi connectivity index (χ0n) is 34.8. The van der Waals surface area contributed by atoms with Crippen molar-refractivity contribution in [1.82, 2.24) is 4.90 Å². The highest BCUT2D eigenvalue weighted by Gasteiger charge is 2.65. The maximum Gasteiger partial charge on any atom is 0.239 e. The van der Waals surface area contributed by atoms with Crippen LogP contribution in [0.5, 0.6) is 17.2 Å². The molecule has 1 fully saturated rings. The molecule has 0 spiro atoms. The summed E-state index contributed by atoms with van der Waals surface area (Å²) < 4.78 is 40.9. The number of aliphatic hydroxyl groups is 2. The van der Waals surface area contributed by atoms with E-state index in [1.165, 1.54) is 6.07 Å². The number of hydrogen-bond acceptors (Lipinski definition) is 9. The van der Waals surface area contributed by atoms with E-state index in [9.17, 15) is 19.4 Å². The first-order valence-corrected chi connectivity index (χ1v) is 21.3. The molecular formula is C48H61FN2O8. The molecule has 1 saturated carbocycles. The van der Waals surface area contributed by atoms with E-state index < -0.39 is 17.7 Å². The fourth-order valence-electron chi connectivity index (χ4n) is 9.41. The highest BCUT2D eigenvalue weighted by Crippen LogP contribution is 2.62. The third-order valence-corrected chi connectivity index (χ3v) is 12.0. The molecule has 6 unspecified atom stereocenters. The van der Waals surface area contributed by atoms with Crippen molar-refractivity contribution in [2.45, 2.75) is 96.0 Å². The summed E-state index contributed by atoms with van der Waals surface area (Å²) in [5.41, 5.74) is 3.94. The Bertz CT molecular complexity index is 1930. The Balaban J connectivity index is 1.54. The van der Waals surface area contributed by atoms with E-state index in [4.69, 9.17) is 28.9 Å². The van der Waals surface area contributed by atoms with E-state index in [0.29, 0.717) is 61.6 Å². The summed E-state index contributed by atoms with van der Waals surface area (Å²) in [5, 5.41) is 24.6. The number of benzene rings is 3. The van der Waals surface area contributed by atoms with Crippen LogP contribution in [0.15, 0.2) is 96.2 Å². The van der Waals surface area contributed by atoms with E-state index in [-0.39, 0.29) is 62.3 Å². The number of unbranched alkanes of at least 4 members (excludes halogenated alkanes) is 2. The van der Waals surface area contributed by atoms with Gasteiger partial charge in [-0.3, -0.25) is 4.79 Å². The van der Waals surface area contributed by atoms with Crippen LogP contribution < -0.4 is 14.2 Å². The molecule has 6 rings (SSSR count). The third-order valence-electron chi connectivity index (χ3n) is 12.0. The van der Waals surface area contributed by atoms with Crippen LogP contribution in [-0.4, -0.2) is 78.6 Å². The SMILES string of the molecule is C=CCOC12Oc3ccc(OCc4ccccc4F)cc3C3C(CCCCO)C(CCCCO)C=C(C(=NOCC)CC1N(CCC)C(=O)Cc1cccc(OC)c1)C32. The molecule has 2 aliphatic carbocycles. The van der Waals surface area contributed by atoms with E-state index in [1.807, 2.05) is 54.3 Å². The van der Waals surface area contributed by atoms with Gasteiger partial charge in [-0.2, -0.15) is 0 Å². The lowest BCUT2D eigenvalue weighted by molar-refractivity contribution is -0.257. The fourth-order valence-corrected chi connectivity index (χ4v) is 9.41. The predicted octanol–water partition coefficient (Wildman–Crippen LogP) is 8.55. The van der Waals surface area contributed by atoms with E-state index in [2.05, 4.69) is 19.6 Å². The van der Waals surface area contributed by atoms with Crippen molar-refractivity contribution in [3.05, 3.63) is 114 Å². The molecule has 3 aliphatic rings. The number of ether oxygens (including phenoxy) is 4. The normalized spacial score (nSPS) is 23.7. The Hall–Kier alpha value is -4.71. The lowest BCUT2D eigenvalue weighted by atomic mass is 9.55. The number of fused-ring (bicyclic) bond motifs is 2. The van der Waals surface area contributed by atoms with Crippen LogP contribution in [0.4, 0.5) is 4.39 Å². The van der Waals surface area contributed by atoms with Gasteiger partial charge < -0.3 is 38.9 Å². The number of oxime groups is 1. The molecule has 0 aromatic heterocycles. The van der Waals surface area contributed by atoms with Gasteiger partial charge in [0, 0.05) is 43.2 Å². The second kappa shape index (κ2) is 21.0. The van der Waals surface area contributed by atoms with Crippen molar-refractivity contribution in [3.8, 4) is 17.2 Å². The average Bonchev–Trinajstić information content (AvgIpc) is 3.25. The molecule has 0 radical (unpaired) electrons. The van der Waals surface area contributed by atoms with Gasteiger partial charge in [0.2, 0.25) is 11.7 Å². The van der Waals surface area contributed by atoms with Crippen LogP contribution >= 0.6 is 0 Å². The monoisotopic (exact) mass is 812 g/mol. The third kappa shape index (κ3) is 9.85. The number of hydrogen-bond donors (Lipinski definition) is 2. The molecule has 1 heterocycles. The second-order valence-corrected chi connectivity index (χ2v) is 15.7. The fraction of sp³-hybridized carbons (Fsp3) is 0.500. The van der Waals surface area contributed by atoms with Crippen molar-refractivity contribution in [1.29, 1.82) is 0 Å². The Morgan fingerprint density at radius 2 is 1.81 bits per heavy atom. The van der Waals surface area contributed by atoms with Gasteiger partial charge in [-0.15, -0.1) is 6.58 Å². The first kappa shape index (κ1) is 43.9. The van der Waals surface area contributed by atoms with Crippen molar-refractivity contribution in [2.24, 2.45) is 22.9 Å². The smallest absolute Gasteiger partial charge is 0.239 e. The van der Waals surface area contributed by atoms with Gasteiger partial charge in [0.15, 0.2) is 0 Å². The number of rotatable bonds is 22. The second-order valence-electron chi connectivity index (χ2n) is 15.7. The standard InChI is InChI=1S/C48H61FN2O8/c1-5-23-51(45(54)28-33-15-14-18-36(27-33)55-4)44-31-42(50-58-7-3)39-29-34(16-10-12-24-52)38(19-11-13-25-53)46-40-30-37(56-32-35-17-8-9-20-41(35)49)21-22-43(40)59-48(44,47(39)46)57-26-6-2/h6,8-9,14-15,17-18,20-22,27,29-30,34,38,44,46-47,52-53H,2,5,7,10-13,16,19,23-26,28,31-32H2,1,3-4H3. The van der Waals surface area contributed by atoms with Crippen LogP contribution in [0.25, 0.3) is 0 Å². The highest BCUT2D eigenvalue weighted by atomic mass is 19.1. The number of nitrogens with zero attached hydrogens (tertiary/aromatic N) is 2. The van der Waals surface area contributed by atoms with Gasteiger partial charge in [-0.25, -0.2) is 4.39 Å². The van der Waals surface area contributed by atoms with Crippen molar-refractivity contribution < 1.29 is 43.2 Å². The van der Waals surface area contributed by atoms with Gasteiger partial charge in [0.25, 0.3) is 0 Å². The molecule has 1 aliphatic heterocycles. The summed E-state index contributed by atoms with van der Waals surface area (Å²) in [6.45, 7) is 9.23. The highest BCUT2D eigenvalue weighted by molar-refractivity contribution is 6.03. The Labute approximate surface area is 348 Å². The van der Waals surface area contributed by atoms with E-state index >= 15 is 0 Å². The summed E-state index contributed by atoms with van der Waals surface area (Å²) in [6, 6.07) is 19.3. The first-order chi connectivity index (χ1) is 28.8. The van der Waals surface area contributed by atoms with Gasteiger partial charge >= 0.3 is 0 Å². The molecule has 0 saturated heterocycles. The molecule has 10 nitrogen and oxygen atoms in total. The van der Waals surface area contributed by atoms with Crippen LogP contribution in [0, 0.1) is 23.6 Å². The molecule has 1 amide bonds. The molecule has 6 atom stereocenters. The quantitative estimate of drug-likeness (QED) is 0.0589. The summed E-state index contributed by atoms with van der Waals surface area (Å²) in [6.07, 6.45) is 9.83.